The second-order valence-electron chi connectivity index (χ2n) is 3.47. The van der Waals surface area contributed by atoms with Crippen molar-refractivity contribution in [2.45, 2.75) is 31.7 Å². The number of allylic oxidation sites excluding steroid dienone is 1. The Morgan fingerprint density at radius 2 is 2.42 bits per heavy atom. The van der Waals surface area contributed by atoms with Crippen LogP contribution in [0.1, 0.15) is 26.2 Å². The van der Waals surface area contributed by atoms with Gasteiger partial charge in [-0.2, -0.15) is 0 Å². The predicted octanol–water partition coefficient (Wildman–Crippen LogP) is 1.79. The molecule has 0 radical (unpaired) electrons. The smallest absolute Gasteiger partial charge is 0.243 e. The topological polar surface area (TPSA) is 29.1 Å². The Balaban J connectivity index is 2.53. The van der Waals surface area contributed by atoms with Crippen LogP contribution in [0.4, 0.5) is 0 Å². The summed E-state index contributed by atoms with van der Waals surface area (Å²) in [6.45, 7) is 5.49. The van der Waals surface area contributed by atoms with Crippen LogP contribution >= 0.6 is 0 Å². The lowest BCUT2D eigenvalue weighted by molar-refractivity contribution is -0.118. The molecule has 1 aliphatic rings. The van der Waals surface area contributed by atoms with E-state index in [4.69, 9.17) is 0 Å². The predicted molar refractivity (Wildman–Crippen MR) is 49.7 cm³/mol. The summed E-state index contributed by atoms with van der Waals surface area (Å²) in [5, 5.41) is 2.94. The van der Waals surface area contributed by atoms with Crippen LogP contribution in [0, 0.1) is 0 Å². The number of hydrogen-bond donors (Lipinski definition) is 1. The molecule has 0 bridgehead atoms. The third-order valence-electron chi connectivity index (χ3n) is 2.21. The lowest BCUT2D eigenvalue weighted by Crippen LogP contribution is -2.45. The summed E-state index contributed by atoms with van der Waals surface area (Å²) < 4.78 is 0. The van der Waals surface area contributed by atoms with Gasteiger partial charge in [-0.3, -0.25) is 4.79 Å². The molecule has 1 atom stereocenters. The Bertz CT molecular complexity index is 220. The van der Waals surface area contributed by atoms with Crippen molar-refractivity contribution in [3.63, 3.8) is 0 Å². The van der Waals surface area contributed by atoms with Gasteiger partial charge in [0, 0.05) is 5.54 Å². The highest BCUT2D eigenvalue weighted by Gasteiger charge is 2.24. The average Bonchev–Trinajstić information content (AvgIpc) is 2.05. The van der Waals surface area contributed by atoms with E-state index < -0.39 is 0 Å². The van der Waals surface area contributed by atoms with E-state index >= 15 is 0 Å². The number of carbonyl (C=O) groups excluding carboxylic acids is 1. The number of amides is 1. The molecule has 1 unspecified atom stereocenters. The molecular weight excluding hydrogens is 150 g/mol. The molecule has 0 saturated carbocycles. The summed E-state index contributed by atoms with van der Waals surface area (Å²) in [5.74, 6) is -0.0761. The van der Waals surface area contributed by atoms with Gasteiger partial charge in [-0.05, 0) is 32.3 Å². The molecule has 2 nitrogen and oxygen atoms in total. The fraction of sp³-hybridized carbons (Fsp3) is 0.500. The van der Waals surface area contributed by atoms with Crippen molar-refractivity contribution in [2.75, 3.05) is 0 Å². The van der Waals surface area contributed by atoms with Gasteiger partial charge in [-0.15, -0.1) is 0 Å². The zero-order chi connectivity index (χ0) is 9.03. The second kappa shape index (κ2) is 3.57. The van der Waals surface area contributed by atoms with E-state index in [1.165, 1.54) is 6.08 Å². The highest BCUT2D eigenvalue weighted by Crippen LogP contribution is 2.22. The first-order valence-electron chi connectivity index (χ1n) is 4.26. The molecular formula is C10H15NO. The molecule has 12 heavy (non-hydrogen) atoms. The third-order valence-corrected chi connectivity index (χ3v) is 2.21. The van der Waals surface area contributed by atoms with Crippen LogP contribution in [-0.4, -0.2) is 11.4 Å². The van der Waals surface area contributed by atoms with Gasteiger partial charge in [0.1, 0.15) is 0 Å². The molecule has 0 spiro atoms. The van der Waals surface area contributed by atoms with Crippen molar-refractivity contribution >= 4 is 5.91 Å². The third kappa shape index (κ3) is 2.22. The van der Waals surface area contributed by atoms with Crippen molar-refractivity contribution in [1.82, 2.24) is 5.32 Å². The standard InChI is InChI=1S/C10H15NO/c1-3-9(12)11-10(2)7-5-4-6-8-10/h3-5H,1,6-8H2,2H3,(H,11,12). The summed E-state index contributed by atoms with van der Waals surface area (Å²) in [6.07, 6.45) is 8.59. The van der Waals surface area contributed by atoms with Crippen LogP contribution in [0.3, 0.4) is 0 Å². The normalized spacial score (nSPS) is 28.1. The monoisotopic (exact) mass is 165 g/mol. The van der Waals surface area contributed by atoms with Crippen LogP contribution < -0.4 is 5.32 Å². The molecule has 2 heteroatoms. The van der Waals surface area contributed by atoms with E-state index in [0.717, 1.165) is 19.3 Å². The van der Waals surface area contributed by atoms with E-state index in [0.29, 0.717) is 0 Å². The largest absolute Gasteiger partial charge is 0.347 e. The summed E-state index contributed by atoms with van der Waals surface area (Å²) in [4.78, 5) is 11.0. The van der Waals surface area contributed by atoms with Gasteiger partial charge in [-0.25, -0.2) is 0 Å². The molecule has 1 aliphatic carbocycles. The molecule has 0 aromatic rings. The van der Waals surface area contributed by atoms with Crippen molar-refractivity contribution < 1.29 is 4.79 Å². The van der Waals surface area contributed by atoms with Crippen LogP contribution in [0.15, 0.2) is 24.8 Å². The van der Waals surface area contributed by atoms with Gasteiger partial charge in [0.2, 0.25) is 5.91 Å². The second-order valence-corrected chi connectivity index (χ2v) is 3.47. The van der Waals surface area contributed by atoms with Crippen molar-refractivity contribution in [1.29, 1.82) is 0 Å². The Kier molecular flexibility index (Phi) is 2.69. The highest BCUT2D eigenvalue weighted by molar-refractivity contribution is 5.87. The van der Waals surface area contributed by atoms with Gasteiger partial charge in [0.15, 0.2) is 0 Å². The first-order valence-corrected chi connectivity index (χ1v) is 4.26. The maximum absolute atomic E-state index is 11.0. The Morgan fingerprint density at radius 3 is 2.92 bits per heavy atom. The SMILES string of the molecule is C=CC(=O)NC1(C)CC=CCC1. The van der Waals surface area contributed by atoms with Gasteiger partial charge in [0.05, 0.1) is 0 Å². The summed E-state index contributed by atoms with van der Waals surface area (Å²) >= 11 is 0. The Hall–Kier alpha value is -1.05. The van der Waals surface area contributed by atoms with E-state index in [2.05, 4.69) is 31.0 Å². The van der Waals surface area contributed by atoms with Crippen LogP contribution in [0.5, 0.6) is 0 Å². The molecule has 0 aromatic heterocycles. The number of nitrogens with one attached hydrogen (secondary N) is 1. The molecule has 0 aromatic carbocycles. The molecule has 66 valence electrons. The minimum atomic E-state index is -0.0761. The molecule has 0 fully saturated rings. The number of hydrogen-bond acceptors (Lipinski definition) is 1. The molecule has 1 amide bonds. The molecule has 0 saturated heterocycles. The van der Waals surface area contributed by atoms with E-state index in [9.17, 15) is 4.79 Å². The van der Waals surface area contributed by atoms with Gasteiger partial charge < -0.3 is 5.32 Å². The lowest BCUT2D eigenvalue weighted by atomic mass is 9.87. The lowest BCUT2D eigenvalue weighted by Gasteiger charge is -2.31. The molecule has 0 heterocycles. The van der Waals surface area contributed by atoms with E-state index in [-0.39, 0.29) is 11.4 Å². The quantitative estimate of drug-likeness (QED) is 0.490. The number of rotatable bonds is 2. The highest BCUT2D eigenvalue weighted by atomic mass is 16.1. The van der Waals surface area contributed by atoms with Gasteiger partial charge >= 0.3 is 0 Å². The van der Waals surface area contributed by atoms with Gasteiger partial charge in [-0.1, -0.05) is 18.7 Å². The van der Waals surface area contributed by atoms with E-state index in [1.54, 1.807) is 0 Å². The Labute approximate surface area is 73.4 Å². The minimum Gasteiger partial charge on any atom is -0.347 e. The van der Waals surface area contributed by atoms with Crippen LogP contribution in [-0.2, 0) is 4.79 Å². The summed E-state index contributed by atoms with van der Waals surface area (Å²) in [7, 11) is 0. The van der Waals surface area contributed by atoms with Crippen molar-refractivity contribution in [3.8, 4) is 0 Å². The molecule has 0 aliphatic heterocycles. The van der Waals surface area contributed by atoms with Crippen molar-refractivity contribution in [2.24, 2.45) is 0 Å². The molecule has 1 N–H and O–H groups in total. The fourth-order valence-electron chi connectivity index (χ4n) is 1.43. The zero-order valence-corrected chi connectivity index (χ0v) is 7.47. The summed E-state index contributed by atoms with van der Waals surface area (Å²) in [6, 6.07) is 0. The first kappa shape index (κ1) is 9.04. The average molecular weight is 165 g/mol. The zero-order valence-electron chi connectivity index (χ0n) is 7.47. The fourth-order valence-corrected chi connectivity index (χ4v) is 1.43. The maximum atomic E-state index is 11.0. The first-order chi connectivity index (χ1) is 5.66. The maximum Gasteiger partial charge on any atom is 0.243 e. The minimum absolute atomic E-state index is 0.0555. The Morgan fingerprint density at radius 1 is 1.67 bits per heavy atom. The summed E-state index contributed by atoms with van der Waals surface area (Å²) in [5.41, 5.74) is -0.0555. The van der Waals surface area contributed by atoms with Gasteiger partial charge in [0.25, 0.3) is 0 Å². The van der Waals surface area contributed by atoms with E-state index in [1.807, 2.05) is 0 Å². The van der Waals surface area contributed by atoms with Crippen molar-refractivity contribution in [3.05, 3.63) is 24.8 Å². The van der Waals surface area contributed by atoms with Crippen LogP contribution in [0.2, 0.25) is 0 Å². The number of carbonyl (C=O) groups is 1. The molecule has 1 rings (SSSR count). The van der Waals surface area contributed by atoms with Crippen LogP contribution in [0.25, 0.3) is 0 Å².